The summed E-state index contributed by atoms with van der Waals surface area (Å²) in [7, 11) is 0. The third kappa shape index (κ3) is 1.71. The molecule has 0 saturated carbocycles. The molecule has 0 amide bonds. The van der Waals surface area contributed by atoms with Crippen molar-refractivity contribution in [3.8, 4) is 0 Å². The number of fused-ring (bicyclic) bond motifs is 1. The van der Waals surface area contributed by atoms with Crippen LogP contribution in [0.2, 0.25) is 0 Å². The lowest BCUT2D eigenvalue weighted by atomic mass is 10.0. The van der Waals surface area contributed by atoms with E-state index in [9.17, 15) is 9.59 Å². The zero-order chi connectivity index (χ0) is 12.5. The number of benzene rings is 1. The van der Waals surface area contributed by atoms with Crippen LogP contribution in [-0.2, 0) is 0 Å². The number of pyridine rings is 1. The van der Waals surface area contributed by atoms with Crippen molar-refractivity contribution in [3.63, 3.8) is 0 Å². The molecule has 3 rings (SSSR count). The summed E-state index contributed by atoms with van der Waals surface area (Å²) >= 11 is 0. The van der Waals surface area contributed by atoms with Gasteiger partial charge in [0.1, 0.15) is 0 Å². The average molecular weight is 240 g/mol. The van der Waals surface area contributed by atoms with Crippen molar-refractivity contribution >= 4 is 16.9 Å². The Balaban J connectivity index is 2.09. The molecule has 1 aromatic carbocycles. The zero-order valence-electron chi connectivity index (χ0n) is 9.21. The molecule has 5 heteroatoms. The highest BCUT2D eigenvalue weighted by molar-refractivity contribution is 6.10. The second kappa shape index (κ2) is 3.96. The number of nitrogens with one attached hydrogen (secondary N) is 1. The fourth-order valence-electron chi connectivity index (χ4n) is 1.76. The molecule has 5 nitrogen and oxygen atoms in total. The second-order valence-electron chi connectivity index (χ2n) is 3.79. The van der Waals surface area contributed by atoms with Crippen molar-refractivity contribution in [2.75, 3.05) is 0 Å². The predicted octanol–water partition coefficient (Wildman–Crippen LogP) is 1.75. The summed E-state index contributed by atoms with van der Waals surface area (Å²) in [6.45, 7) is 0. The molecule has 0 fully saturated rings. The lowest BCUT2D eigenvalue weighted by molar-refractivity contribution is 0.103. The smallest absolute Gasteiger partial charge is 0.408 e. The summed E-state index contributed by atoms with van der Waals surface area (Å²) < 4.78 is 4.92. The van der Waals surface area contributed by atoms with Crippen LogP contribution in [0.3, 0.4) is 0 Å². The van der Waals surface area contributed by atoms with Gasteiger partial charge in [0.2, 0.25) is 0 Å². The normalized spacial score (nSPS) is 10.7. The van der Waals surface area contributed by atoms with E-state index >= 15 is 0 Å². The molecule has 0 saturated heterocycles. The number of aromatic amines is 1. The minimum atomic E-state index is -0.529. The first-order chi connectivity index (χ1) is 8.74. The highest BCUT2D eigenvalue weighted by atomic mass is 16.4. The molecule has 88 valence electrons. The lowest BCUT2D eigenvalue weighted by Crippen LogP contribution is -2.00. The number of oxazole rings is 1. The molecule has 0 bridgehead atoms. The van der Waals surface area contributed by atoms with Crippen LogP contribution < -0.4 is 5.76 Å². The largest absolute Gasteiger partial charge is 0.417 e. The summed E-state index contributed by atoms with van der Waals surface area (Å²) in [5.74, 6) is -0.665. The van der Waals surface area contributed by atoms with Crippen LogP contribution in [-0.4, -0.2) is 15.8 Å². The Morgan fingerprint density at radius 3 is 2.67 bits per heavy atom. The van der Waals surface area contributed by atoms with E-state index in [4.69, 9.17) is 4.42 Å². The molecule has 0 radical (unpaired) electrons. The average Bonchev–Trinajstić information content (AvgIpc) is 2.78. The summed E-state index contributed by atoms with van der Waals surface area (Å²) in [6.07, 6.45) is 3.12. The lowest BCUT2D eigenvalue weighted by Gasteiger charge is -1.99. The Morgan fingerprint density at radius 1 is 1.11 bits per heavy atom. The molecule has 18 heavy (non-hydrogen) atoms. The summed E-state index contributed by atoms with van der Waals surface area (Å²) in [4.78, 5) is 29.5. The highest BCUT2D eigenvalue weighted by Crippen LogP contribution is 2.15. The highest BCUT2D eigenvalue weighted by Gasteiger charge is 2.10. The van der Waals surface area contributed by atoms with Gasteiger partial charge in [0, 0.05) is 23.5 Å². The van der Waals surface area contributed by atoms with Crippen molar-refractivity contribution in [2.24, 2.45) is 0 Å². The van der Waals surface area contributed by atoms with Crippen LogP contribution in [0.25, 0.3) is 11.1 Å². The number of carbonyl (C=O) groups excluding carboxylic acids is 1. The summed E-state index contributed by atoms with van der Waals surface area (Å²) in [6, 6.07) is 8.13. The molecule has 0 aliphatic heterocycles. The maximum absolute atomic E-state index is 12.1. The van der Waals surface area contributed by atoms with Gasteiger partial charge in [0.05, 0.1) is 5.52 Å². The van der Waals surface area contributed by atoms with Gasteiger partial charge in [-0.1, -0.05) is 0 Å². The van der Waals surface area contributed by atoms with E-state index in [2.05, 4.69) is 9.97 Å². The van der Waals surface area contributed by atoms with Crippen molar-refractivity contribution in [3.05, 3.63) is 64.4 Å². The van der Waals surface area contributed by atoms with Gasteiger partial charge < -0.3 is 4.42 Å². The van der Waals surface area contributed by atoms with Crippen LogP contribution in [0.4, 0.5) is 0 Å². The SMILES string of the molecule is O=C(c1ccncc1)c1ccc2[nH]c(=O)oc2c1. The Labute approximate surface area is 101 Å². The third-order valence-electron chi connectivity index (χ3n) is 2.63. The van der Waals surface area contributed by atoms with Gasteiger partial charge in [-0.3, -0.25) is 14.8 Å². The Hall–Kier alpha value is -2.69. The van der Waals surface area contributed by atoms with Crippen LogP contribution in [0.5, 0.6) is 0 Å². The van der Waals surface area contributed by atoms with E-state index in [-0.39, 0.29) is 5.78 Å². The maximum atomic E-state index is 12.1. The van der Waals surface area contributed by atoms with Crippen LogP contribution in [0.15, 0.2) is 51.9 Å². The maximum Gasteiger partial charge on any atom is 0.417 e. The number of hydrogen-bond acceptors (Lipinski definition) is 4. The number of ketones is 1. The summed E-state index contributed by atoms with van der Waals surface area (Å²) in [5, 5.41) is 0. The van der Waals surface area contributed by atoms with Crippen LogP contribution in [0, 0.1) is 0 Å². The Kier molecular flexibility index (Phi) is 2.30. The Morgan fingerprint density at radius 2 is 1.89 bits per heavy atom. The van der Waals surface area contributed by atoms with Gasteiger partial charge in [-0.25, -0.2) is 4.79 Å². The molecular weight excluding hydrogens is 232 g/mol. The monoisotopic (exact) mass is 240 g/mol. The molecule has 1 N–H and O–H groups in total. The molecule has 0 aliphatic carbocycles. The quantitative estimate of drug-likeness (QED) is 0.692. The minimum absolute atomic E-state index is 0.136. The van der Waals surface area contributed by atoms with E-state index in [0.29, 0.717) is 22.2 Å². The number of carbonyl (C=O) groups is 1. The number of H-pyrrole nitrogens is 1. The van der Waals surface area contributed by atoms with Crippen LogP contribution >= 0.6 is 0 Å². The predicted molar refractivity (Wildman–Crippen MR) is 64.5 cm³/mol. The first kappa shape index (κ1) is 10.5. The topological polar surface area (TPSA) is 76.0 Å². The minimum Gasteiger partial charge on any atom is -0.408 e. The fourth-order valence-corrected chi connectivity index (χ4v) is 1.76. The third-order valence-corrected chi connectivity index (χ3v) is 2.63. The first-order valence-corrected chi connectivity index (χ1v) is 5.31. The number of nitrogens with zero attached hydrogens (tertiary/aromatic N) is 1. The van der Waals surface area contributed by atoms with Crippen molar-refractivity contribution < 1.29 is 9.21 Å². The number of aromatic nitrogens is 2. The summed E-state index contributed by atoms with van der Waals surface area (Å²) in [5.41, 5.74) is 1.96. The van der Waals surface area contributed by atoms with E-state index in [1.54, 1.807) is 42.7 Å². The molecule has 0 atom stereocenters. The molecule has 2 aromatic heterocycles. The Bertz CT molecular complexity index is 772. The van der Waals surface area contributed by atoms with Crippen molar-refractivity contribution in [2.45, 2.75) is 0 Å². The van der Waals surface area contributed by atoms with Crippen LogP contribution in [0.1, 0.15) is 15.9 Å². The van der Waals surface area contributed by atoms with Crippen molar-refractivity contribution in [1.29, 1.82) is 0 Å². The van der Waals surface area contributed by atoms with Gasteiger partial charge in [-0.05, 0) is 30.3 Å². The van der Waals surface area contributed by atoms with Gasteiger partial charge in [0.25, 0.3) is 0 Å². The van der Waals surface area contributed by atoms with Gasteiger partial charge in [0.15, 0.2) is 11.4 Å². The molecule has 0 aliphatic rings. The molecular formula is C13H8N2O3. The molecule has 2 heterocycles. The van der Waals surface area contributed by atoms with E-state index in [0.717, 1.165) is 0 Å². The van der Waals surface area contributed by atoms with Gasteiger partial charge >= 0.3 is 5.76 Å². The second-order valence-corrected chi connectivity index (χ2v) is 3.79. The number of rotatable bonds is 2. The first-order valence-electron chi connectivity index (χ1n) is 5.31. The van der Waals surface area contributed by atoms with Crippen molar-refractivity contribution in [1.82, 2.24) is 9.97 Å². The van der Waals surface area contributed by atoms with E-state index in [1.807, 2.05) is 0 Å². The van der Waals surface area contributed by atoms with E-state index < -0.39 is 5.76 Å². The fraction of sp³-hybridized carbons (Fsp3) is 0. The molecule has 3 aromatic rings. The molecule has 0 unspecified atom stereocenters. The standard InChI is InChI=1S/C13H8N2O3/c16-12(8-3-5-14-6-4-8)9-1-2-10-11(7-9)18-13(17)15-10/h1-7H,(H,15,17). The molecule has 0 spiro atoms. The van der Waals surface area contributed by atoms with E-state index in [1.165, 1.54) is 0 Å². The van der Waals surface area contributed by atoms with Gasteiger partial charge in [-0.15, -0.1) is 0 Å². The number of hydrogen-bond donors (Lipinski definition) is 1. The zero-order valence-corrected chi connectivity index (χ0v) is 9.21. The van der Waals surface area contributed by atoms with Gasteiger partial charge in [-0.2, -0.15) is 0 Å².